The summed E-state index contributed by atoms with van der Waals surface area (Å²) in [5, 5.41) is 13.2. The summed E-state index contributed by atoms with van der Waals surface area (Å²) < 4.78 is 22.3. The fraction of sp³-hybridized carbons (Fsp3) is 0.393. The molecule has 1 aromatic heterocycles. The topological polar surface area (TPSA) is 104 Å². The number of benzene rings is 2. The average molecular weight is 553 g/mol. The van der Waals surface area contributed by atoms with Gasteiger partial charge in [0.1, 0.15) is 11.9 Å². The van der Waals surface area contributed by atoms with Gasteiger partial charge in [-0.25, -0.2) is 9.18 Å². The van der Waals surface area contributed by atoms with Crippen LogP contribution in [0.4, 0.5) is 20.6 Å². The van der Waals surface area contributed by atoms with Crippen LogP contribution in [0, 0.1) is 5.82 Å². The first-order chi connectivity index (χ1) is 18.9. The summed E-state index contributed by atoms with van der Waals surface area (Å²) in [6.07, 6.45) is 0.340. The monoisotopic (exact) mass is 552 g/mol. The van der Waals surface area contributed by atoms with Gasteiger partial charge in [0.15, 0.2) is 0 Å². The van der Waals surface area contributed by atoms with Gasteiger partial charge >= 0.3 is 6.09 Å². The highest BCUT2D eigenvalue weighted by atomic mass is 32.2. The van der Waals surface area contributed by atoms with Crippen LogP contribution in [-0.2, 0) is 16.1 Å². The number of anilines is 2. The molecule has 3 aromatic rings. The molecule has 0 unspecified atom stereocenters. The standard InChI is InChI=1S/C28H29FN4O5S/c29-21-5-2-17-3-7-25(36)33-13-18(26(21)27(17)33)8-10-31(9-1-11-34)14-20-15-32(28(37)38-20)19-4-6-23-22(12-19)30-24(35)16-39-23/h2-7,12,18,20,34H,1,8-11,13-16H2,(H,30,35)/t18-,20-/m1/s1. The van der Waals surface area contributed by atoms with Crippen molar-refractivity contribution in [3.8, 4) is 0 Å². The van der Waals surface area contributed by atoms with Gasteiger partial charge in [-0.05, 0) is 61.2 Å². The van der Waals surface area contributed by atoms with E-state index in [0.717, 1.165) is 10.3 Å². The molecule has 2 aromatic carbocycles. The molecule has 11 heteroatoms. The van der Waals surface area contributed by atoms with E-state index in [2.05, 4.69) is 10.2 Å². The predicted molar refractivity (Wildman–Crippen MR) is 147 cm³/mol. The summed E-state index contributed by atoms with van der Waals surface area (Å²) >= 11 is 1.46. The zero-order valence-electron chi connectivity index (χ0n) is 21.3. The van der Waals surface area contributed by atoms with Crippen molar-refractivity contribution >= 4 is 46.0 Å². The van der Waals surface area contributed by atoms with E-state index >= 15 is 0 Å². The van der Waals surface area contributed by atoms with Gasteiger partial charge in [-0.3, -0.25) is 19.4 Å². The number of aliphatic hydroxyl groups is 1. The van der Waals surface area contributed by atoms with Gasteiger partial charge in [-0.15, -0.1) is 11.8 Å². The van der Waals surface area contributed by atoms with E-state index in [1.807, 2.05) is 12.1 Å². The van der Waals surface area contributed by atoms with Crippen molar-refractivity contribution in [2.24, 2.45) is 0 Å². The number of nitrogens with one attached hydrogen (secondary N) is 1. The first-order valence-electron chi connectivity index (χ1n) is 13.1. The second-order valence-corrected chi connectivity index (χ2v) is 11.2. The SMILES string of the molecule is O=C1CSc2ccc(N3C[C@@H](CN(CCCO)CC[C@@H]4Cn5c(=O)ccc6ccc(F)c4c65)OC3=O)cc2N1. The summed E-state index contributed by atoms with van der Waals surface area (Å²) in [5.74, 6) is -0.148. The van der Waals surface area contributed by atoms with Gasteiger partial charge in [0, 0.05) is 54.4 Å². The normalized spacial score (nSPS) is 20.0. The number of ether oxygens (including phenoxy) is 1. The Labute approximate surface area is 228 Å². The quantitative estimate of drug-likeness (QED) is 0.420. The summed E-state index contributed by atoms with van der Waals surface area (Å²) in [7, 11) is 0. The maximum absolute atomic E-state index is 14.9. The molecule has 3 aliphatic rings. The Balaban J connectivity index is 1.14. The lowest BCUT2D eigenvalue weighted by atomic mass is 9.96. The number of rotatable bonds is 9. The van der Waals surface area contributed by atoms with E-state index in [1.54, 1.807) is 27.7 Å². The highest BCUT2D eigenvalue weighted by Crippen LogP contribution is 2.37. The zero-order valence-corrected chi connectivity index (χ0v) is 22.1. The van der Waals surface area contributed by atoms with Gasteiger partial charge in [0.25, 0.3) is 5.56 Å². The number of hydrogen-bond donors (Lipinski definition) is 2. The molecule has 204 valence electrons. The molecule has 1 fully saturated rings. The smallest absolute Gasteiger partial charge is 0.414 e. The van der Waals surface area contributed by atoms with E-state index in [9.17, 15) is 23.9 Å². The van der Waals surface area contributed by atoms with Crippen molar-refractivity contribution in [2.45, 2.75) is 36.3 Å². The van der Waals surface area contributed by atoms with Crippen molar-refractivity contribution in [3.63, 3.8) is 0 Å². The number of fused-ring (bicyclic) bond motifs is 1. The molecule has 9 nitrogen and oxygen atoms in total. The van der Waals surface area contributed by atoms with E-state index in [0.29, 0.717) is 73.8 Å². The number of amides is 2. The van der Waals surface area contributed by atoms with Gasteiger partial charge in [0.05, 0.1) is 23.5 Å². The molecular formula is C28H29FN4O5S. The summed E-state index contributed by atoms with van der Waals surface area (Å²) in [5.41, 5.74) is 2.47. The van der Waals surface area contributed by atoms with Crippen LogP contribution < -0.4 is 15.8 Å². The number of cyclic esters (lactones) is 1. The van der Waals surface area contributed by atoms with Crippen molar-refractivity contribution in [3.05, 3.63) is 64.2 Å². The maximum Gasteiger partial charge on any atom is 0.414 e. The van der Waals surface area contributed by atoms with Crippen LogP contribution in [0.15, 0.2) is 52.2 Å². The van der Waals surface area contributed by atoms with Crippen LogP contribution in [0.5, 0.6) is 0 Å². The predicted octanol–water partition coefficient (Wildman–Crippen LogP) is 3.38. The Hall–Kier alpha value is -3.41. The lowest BCUT2D eigenvalue weighted by Crippen LogP contribution is -2.37. The lowest BCUT2D eigenvalue weighted by Gasteiger charge is -2.26. The highest BCUT2D eigenvalue weighted by Gasteiger charge is 2.35. The zero-order chi connectivity index (χ0) is 27.1. The Morgan fingerprint density at radius 3 is 2.79 bits per heavy atom. The van der Waals surface area contributed by atoms with Gasteiger partial charge < -0.3 is 19.7 Å². The molecule has 6 rings (SSSR count). The van der Waals surface area contributed by atoms with Gasteiger partial charge in [-0.2, -0.15) is 0 Å². The van der Waals surface area contributed by atoms with Crippen molar-refractivity contribution < 1.29 is 23.8 Å². The Morgan fingerprint density at radius 2 is 1.95 bits per heavy atom. The first-order valence-corrected chi connectivity index (χ1v) is 14.1. The highest BCUT2D eigenvalue weighted by molar-refractivity contribution is 8.00. The number of hydrogen-bond acceptors (Lipinski definition) is 7. The van der Waals surface area contributed by atoms with Crippen LogP contribution in [0.25, 0.3) is 10.9 Å². The second-order valence-electron chi connectivity index (χ2n) is 10.2. The second kappa shape index (κ2) is 10.6. The molecule has 4 heterocycles. The number of carbonyl (C=O) groups excluding carboxylic acids is 2. The van der Waals surface area contributed by atoms with E-state index in [1.165, 1.54) is 23.9 Å². The Bertz CT molecular complexity index is 1510. The Kier molecular flexibility index (Phi) is 7.05. The number of carbonyl (C=O) groups is 2. The molecular weight excluding hydrogens is 523 g/mol. The minimum atomic E-state index is -0.448. The number of aromatic nitrogens is 1. The molecule has 3 aliphatic heterocycles. The molecule has 2 N–H and O–H groups in total. The van der Waals surface area contributed by atoms with Crippen LogP contribution in [0.1, 0.15) is 24.3 Å². The molecule has 2 atom stereocenters. The lowest BCUT2D eigenvalue weighted by molar-refractivity contribution is -0.113. The molecule has 0 radical (unpaired) electrons. The maximum atomic E-state index is 14.9. The molecule has 2 amide bonds. The van der Waals surface area contributed by atoms with Crippen molar-refractivity contribution in [1.82, 2.24) is 9.47 Å². The molecule has 0 spiro atoms. The summed E-state index contributed by atoms with van der Waals surface area (Å²) in [6, 6.07) is 12.0. The third-order valence-corrected chi connectivity index (χ3v) is 8.69. The van der Waals surface area contributed by atoms with Crippen LogP contribution >= 0.6 is 11.8 Å². The number of thioether (sulfide) groups is 1. The molecule has 0 saturated carbocycles. The third-order valence-electron chi connectivity index (χ3n) is 7.62. The summed E-state index contributed by atoms with van der Waals surface area (Å²) in [6.45, 7) is 2.47. The van der Waals surface area contributed by atoms with Gasteiger partial charge in [0.2, 0.25) is 5.91 Å². The minimum absolute atomic E-state index is 0.0319. The third kappa shape index (κ3) is 5.02. The average Bonchev–Trinajstić information content (AvgIpc) is 3.50. The number of aliphatic hydroxyl groups excluding tert-OH is 1. The van der Waals surface area contributed by atoms with Crippen LogP contribution in [0.2, 0.25) is 0 Å². The molecule has 0 bridgehead atoms. The number of halogens is 1. The van der Waals surface area contributed by atoms with Crippen molar-refractivity contribution in [1.29, 1.82) is 0 Å². The largest absolute Gasteiger partial charge is 0.443 e. The first kappa shape index (κ1) is 25.8. The summed E-state index contributed by atoms with van der Waals surface area (Å²) in [4.78, 5) is 41.7. The van der Waals surface area contributed by atoms with E-state index in [-0.39, 0.29) is 35.9 Å². The Morgan fingerprint density at radius 1 is 1.10 bits per heavy atom. The fourth-order valence-electron chi connectivity index (χ4n) is 5.80. The minimum Gasteiger partial charge on any atom is -0.443 e. The van der Waals surface area contributed by atoms with Gasteiger partial charge in [-0.1, -0.05) is 0 Å². The fourth-order valence-corrected chi connectivity index (χ4v) is 6.58. The number of nitrogens with zero attached hydrogens (tertiary/aromatic N) is 3. The number of pyridine rings is 1. The van der Waals surface area contributed by atoms with Crippen molar-refractivity contribution in [2.75, 3.05) is 48.8 Å². The molecule has 1 saturated heterocycles. The van der Waals surface area contributed by atoms with E-state index in [4.69, 9.17) is 4.74 Å². The molecule has 0 aliphatic carbocycles. The molecule has 39 heavy (non-hydrogen) atoms. The van der Waals surface area contributed by atoms with E-state index < -0.39 is 6.09 Å². The van der Waals surface area contributed by atoms with Crippen LogP contribution in [-0.4, -0.2) is 71.2 Å². The van der Waals surface area contributed by atoms with Crippen LogP contribution in [0.3, 0.4) is 0 Å².